The maximum atomic E-state index is 12.0. The Morgan fingerprint density at radius 1 is 1.13 bits per heavy atom. The molecule has 1 aliphatic heterocycles. The Hall–Kier alpha value is -0.830. The van der Waals surface area contributed by atoms with E-state index < -0.39 is 6.10 Å². The van der Waals surface area contributed by atoms with Gasteiger partial charge in [-0.1, -0.05) is 34.1 Å². The molecule has 4 rings (SSSR count). The number of esters is 1. The van der Waals surface area contributed by atoms with Crippen molar-refractivity contribution in [3.8, 4) is 0 Å². The Bertz CT molecular complexity index is 577. The lowest BCUT2D eigenvalue weighted by molar-refractivity contribution is -0.175. The third-order valence-electron chi connectivity index (χ3n) is 8.15. The molecule has 1 saturated heterocycles. The van der Waals surface area contributed by atoms with Crippen LogP contribution in [0.1, 0.15) is 59.8 Å². The normalized spacial score (nSPS) is 51.2. The van der Waals surface area contributed by atoms with Crippen LogP contribution in [0.25, 0.3) is 0 Å². The molecule has 1 heterocycles. The summed E-state index contributed by atoms with van der Waals surface area (Å²) in [6.45, 7) is 10.1. The fourth-order valence-corrected chi connectivity index (χ4v) is 7.28. The van der Waals surface area contributed by atoms with E-state index in [-0.39, 0.29) is 28.6 Å². The van der Waals surface area contributed by atoms with Crippen molar-refractivity contribution in [1.82, 2.24) is 0 Å². The minimum atomic E-state index is -0.515. The average molecular weight is 318 g/mol. The molecule has 2 saturated carbocycles. The van der Waals surface area contributed by atoms with Crippen molar-refractivity contribution < 1.29 is 14.6 Å². The van der Waals surface area contributed by atoms with Gasteiger partial charge in [-0.15, -0.1) is 0 Å². The number of fused-ring (bicyclic) bond motifs is 5. The summed E-state index contributed by atoms with van der Waals surface area (Å²) in [5.74, 6) is 0.859. The van der Waals surface area contributed by atoms with Crippen molar-refractivity contribution in [2.24, 2.45) is 34.0 Å². The quantitative estimate of drug-likeness (QED) is 0.693. The molecule has 128 valence electrons. The highest BCUT2D eigenvalue weighted by Crippen LogP contribution is 2.68. The second-order valence-electron chi connectivity index (χ2n) is 9.69. The van der Waals surface area contributed by atoms with Crippen molar-refractivity contribution >= 4 is 5.97 Å². The molecule has 1 N–H and O–H groups in total. The molecule has 23 heavy (non-hydrogen) atoms. The molecule has 0 spiro atoms. The van der Waals surface area contributed by atoms with Gasteiger partial charge >= 0.3 is 5.97 Å². The van der Waals surface area contributed by atoms with Gasteiger partial charge in [0, 0.05) is 17.4 Å². The van der Waals surface area contributed by atoms with E-state index in [0.717, 1.165) is 12.0 Å². The highest BCUT2D eigenvalue weighted by molar-refractivity contribution is 5.91. The zero-order valence-corrected chi connectivity index (χ0v) is 14.9. The number of ether oxygens (including phenoxy) is 1. The molecule has 0 aromatic carbocycles. The molecule has 3 heteroatoms. The number of aliphatic hydroxyl groups excluding tert-OH is 1. The maximum absolute atomic E-state index is 12.0. The summed E-state index contributed by atoms with van der Waals surface area (Å²) in [7, 11) is 0. The van der Waals surface area contributed by atoms with Crippen LogP contribution in [0, 0.1) is 34.0 Å². The van der Waals surface area contributed by atoms with E-state index in [4.69, 9.17) is 4.74 Å². The zero-order chi connectivity index (χ0) is 16.6. The van der Waals surface area contributed by atoms with Crippen molar-refractivity contribution in [2.75, 3.05) is 6.61 Å². The molecule has 0 radical (unpaired) electrons. The molecule has 0 amide bonds. The number of rotatable bonds is 0. The molecule has 0 aromatic rings. The summed E-state index contributed by atoms with van der Waals surface area (Å²) in [6.07, 6.45) is 7.36. The van der Waals surface area contributed by atoms with Crippen LogP contribution in [-0.4, -0.2) is 23.8 Å². The van der Waals surface area contributed by atoms with E-state index in [9.17, 15) is 9.90 Å². The smallest absolute Gasteiger partial charge is 0.334 e. The molecule has 0 aromatic heterocycles. The summed E-state index contributed by atoms with van der Waals surface area (Å²) in [5, 5.41) is 11.0. The van der Waals surface area contributed by atoms with Crippen LogP contribution in [0.2, 0.25) is 0 Å². The summed E-state index contributed by atoms with van der Waals surface area (Å²) in [4.78, 5) is 12.0. The van der Waals surface area contributed by atoms with Gasteiger partial charge in [-0.25, -0.2) is 4.79 Å². The topological polar surface area (TPSA) is 46.5 Å². The molecule has 3 fully saturated rings. The van der Waals surface area contributed by atoms with E-state index in [0.29, 0.717) is 17.9 Å². The van der Waals surface area contributed by atoms with Crippen molar-refractivity contribution in [3.05, 3.63) is 11.6 Å². The minimum absolute atomic E-state index is 0.0195. The number of hydrogen-bond donors (Lipinski definition) is 1. The third kappa shape index (κ3) is 1.89. The fraction of sp³-hybridized carbons (Fsp3) is 0.850. The van der Waals surface area contributed by atoms with Crippen LogP contribution in [0.15, 0.2) is 11.6 Å². The summed E-state index contributed by atoms with van der Waals surface area (Å²) < 4.78 is 5.35. The first kappa shape index (κ1) is 15.7. The highest BCUT2D eigenvalue weighted by atomic mass is 16.5. The first-order chi connectivity index (χ1) is 10.7. The van der Waals surface area contributed by atoms with Crippen LogP contribution < -0.4 is 0 Å². The molecular weight excluding hydrogens is 288 g/mol. The van der Waals surface area contributed by atoms with Gasteiger partial charge in [0.2, 0.25) is 0 Å². The van der Waals surface area contributed by atoms with Gasteiger partial charge in [-0.3, -0.25) is 0 Å². The van der Waals surface area contributed by atoms with Gasteiger partial charge in [0.05, 0.1) is 12.7 Å². The number of hydrogen-bond acceptors (Lipinski definition) is 3. The molecule has 6 unspecified atom stereocenters. The molecule has 0 bridgehead atoms. The van der Waals surface area contributed by atoms with Crippen LogP contribution in [-0.2, 0) is 9.53 Å². The van der Waals surface area contributed by atoms with Gasteiger partial charge in [0.25, 0.3) is 0 Å². The number of carbonyl (C=O) groups is 1. The second-order valence-corrected chi connectivity index (χ2v) is 9.69. The van der Waals surface area contributed by atoms with Crippen molar-refractivity contribution in [2.45, 2.75) is 65.9 Å². The Balaban J connectivity index is 1.82. The van der Waals surface area contributed by atoms with Gasteiger partial charge < -0.3 is 9.84 Å². The monoisotopic (exact) mass is 318 g/mol. The SMILES string of the molecule is CC1(C)CCCC2(C)C1CCC1(C)C3COC(=O)C3=CC(O)C12. The van der Waals surface area contributed by atoms with E-state index in [1.54, 1.807) is 0 Å². The van der Waals surface area contributed by atoms with Gasteiger partial charge in [-0.05, 0) is 53.9 Å². The Morgan fingerprint density at radius 2 is 1.87 bits per heavy atom. The fourth-order valence-electron chi connectivity index (χ4n) is 7.28. The largest absolute Gasteiger partial charge is 0.462 e. The molecule has 4 aliphatic rings. The number of aliphatic hydroxyl groups is 1. The maximum Gasteiger partial charge on any atom is 0.334 e. The molecule has 3 aliphatic carbocycles. The summed E-state index contributed by atoms with van der Waals surface area (Å²) in [5.41, 5.74) is 1.23. The Morgan fingerprint density at radius 3 is 2.61 bits per heavy atom. The molecular formula is C20H30O3. The molecule has 3 nitrogen and oxygen atoms in total. The van der Waals surface area contributed by atoms with Gasteiger partial charge in [0.1, 0.15) is 0 Å². The number of carbonyl (C=O) groups excluding carboxylic acids is 1. The highest BCUT2D eigenvalue weighted by Gasteiger charge is 2.64. The van der Waals surface area contributed by atoms with E-state index in [1.165, 1.54) is 25.7 Å². The number of cyclic esters (lactones) is 1. The molecule has 6 atom stereocenters. The predicted octanol–water partition coefficient (Wildman–Crippen LogP) is 3.71. The van der Waals surface area contributed by atoms with Crippen LogP contribution in [0.5, 0.6) is 0 Å². The van der Waals surface area contributed by atoms with E-state index in [2.05, 4.69) is 27.7 Å². The van der Waals surface area contributed by atoms with Crippen LogP contribution in [0.4, 0.5) is 0 Å². The summed E-state index contributed by atoms with van der Waals surface area (Å²) >= 11 is 0. The second kappa shape index (κ2) is 4.62. The van der Waals surface area contributed by atoms with Crippen molar-refractivity contribution in [1.29, 1.82) is 0 Å². The Kier molecular flexibility index (Phi) is 3.15. The van der Waals surface area contributed by atoms with Gasteiger partial charge in [-0.2, -0.15) is 0 Å². The van der Waals surface area contributed by atoms with E-state index in [1.807, 2.05) is 6.08 Å². The van der Waals surface area contributed by atoms with Gasteiger partial charge in [0.15, 0.2) is 0 Å². The lowest BCUT2D eigenvalue weighted by Gasteiger charge is -2.65. The standard InChI is InChI=1S/C20H30O3/c1-18(2)7-5-8-20(4)15(18)6-9-19(3)13-11-23-17(22)12(13)10-14(21)16(19)20/h10,13-16,21H,5-9,11H2,1-4H3. The predicted molar refractivity (Wildman–Crippen MR) is 88.6 cm³/mol. The van der Waals surface area contributed by atoms with Crippen LogP contribution >= 0.6 is 0 Å². The van der Waals surface area contributed by atoms with Crippen LogP contribution in [0.3, 0.4) is 0 Å². The summed E-state index contributed by atoms with van der Waals surface area (Å²) in [6, 6.07) is 0. The first-order valence-corrected chi connectivity index (χ1v) is 9.27. The lowest BCUT2D eigenvalue weighted by Crippen LogP contribution is -2.61. The third-order valence-corrected chi connectivity index (χ3v) is 8.15. The van der Waals surface area contributed by atoms with E-state index >= 15 is 0 Å². The first-order valence-electron chi connectivity index (χ1n) is 9.27. The average Bonchev–Trinajstić information content (AvgIpc) is 2.79. The minimum Gasteiger partial charge on any atom is -0.462 e. The van der Waals surface area contributed by atoms with Crippen molar-refractivity contribution in [3.63, 3.8) is 0 Å². The Labute approximate surface area is 139 Å². The lowest BCUT2D eigenvalue weighted by atomic mass is 9.39. The zero-order valence-electron chi connectivity index (χ0n) is 14.9.